The minimum Gasteiger partial charge on any atom is -0.466 e. The number of rotatable bonds is 4. The van der Waals surface area contributed by atoms with E-state index in [0.717, 1.165) is 16.7 Å². The summed E-state index contributed by atoms with van der Waals surface area (Å²) in [5, 5.41) is 0. The van der Waals surface area contributed by atoms with Crippen LogP contribution < -0.4 is 0 Å². The number of carbonyl (C=O) groups is 1. The zero-order valence-electron chi connectivity index (χ0n) is 10.2. The molecule has 0 aliphatic heterocycles. The van der Waals surface area contributed by atoms with Gasteiger partial charge in [0.2, 0.25) is 0 Å². The van der Waals surface area contributed by atoms with Crippen LogP contribution in [-0.2, 0) is 9.53 Å². The van der Waals surface area contributed by atoms with Crippen molar-refractivity contribution in [1.82, 2.24) is 0 Å². The number of esters is 1. The summed E-state index contributed by atoms with van der Waals surface area (Å²) in [5.41, 5.74) is 3.48. The molecule has 0 radical (unpaired) electrons. The lowest BCUT2D eigenvalue weighted by molar-refractivity contribution is -0.135. The first-order valence-electron chi connectivity index (χ1n) is 5.28. The van der Waals surface area contributed by atoms with Crippen molar-refractivity contribution in [2.45, 2.75) is 6.92 Å². The maximum absolute atomic E-state index is 11.3. The Morgan fingerprint density at radius 1 is 1.24 bits per heavy atom. The Balaban J connectivity index is 3.18. The number of carbonyl (C=O) groups excluding carboxylic acids is 1. The number of methoxy groups -OCH3 is 1. The molecule has 2 heteroatoms. The standard InChI is InChI=1S/C15H16O2/c1-5-12-7-8-14(13(6-2)10-12)9-11(3)15(16)17-4/h5-10H,1-2H2,3-4H3/b11-9+. The van der Waals surface area contributed by atoms with E-state index in [-0.39, 0.29) is 5.97 Å². The molecule has 1 rings (SSSR count). The fourth-order valence-electron chi connectivity index (χ4n) is 1.48. The summed E-state index contributed by atoms with van der Waals surface area (Å²) in [6.07, 6.45) is 5.31. The molecule has 0 heterocycles. The van der Waals surface area contributed by atoms with Crippen LogP contribution in [-0.4, -0.2) is 13.1 Å². The molecule has 0 saturated carbocycles. The quantitative estimate of drug-likeness (QED) is 0.582. The highest BCUT2D eigenvalue weighted by Crippen LogP contribution is 2.17. The molecule has 88 valence electrons. The highest BCUT2D eigenvalue weighted by Gasteiger charge is 2.04. The van der Waals surface area contributed by atoms with E-state index in [1.165, 1.54) is 7.11 Å². The van der Waals surface area contributed by atoms with Crippen molar-refractivity contribution in [3.05, 3.63) is 53.6 Å². The summed E-state index contributed by atoms with van der Waals surface area (Å²) in [5.74, 6) is -0.326. The van der Waals surface area contributed by atoms with E-state index in [0.29, 0.717) is 5.57 Å². The van der Waals surface area contributed by atoms with Gasteiger partial charge in [0.1, 0.15) is 0 Å². The first kappa shape index (κ1) is 13.0. The van der Waals surface area contributed by atoms with Crippen LogP contribution >= 0.6 is 0 Å². The van der Waals surface area contributed by atoms with Crippen molar-refractivity contribution < 1.29 is 9.53 Å². The molecule has 0 atom stereocenters. The lowest BCUT2D eigenvalue weighted by Crippen LogP contribution is -2.01. The summed E-state index contributed by atoms with van der Waals surface area (Å²) in [7, 11) is 1.37. The zero-order valence-corrected chi connectivity index (χ0v) is 10.2. The van der Waals surface area contributed by atoms with Gasteiger partial charge in [0, 0.05) is 5.57 Å². The van der Waals surface area contributed by atoms with E-state index < -0.39 is 0 Å². The van der Waals surface area contributed by atoms with Crippen LogP contribution in [0.1, 0.15) is 23.6 Å². The topological polar surface area (TPSA) is 26.3 Å². The van der Waals surface area contributed by atoms with Crippen molar-refractivity contribution in [2.75, 3.05) is 7.11 Å². The Morgan fingerprint density at radius 2 is 1.94 bits per heavy atom. The maximum atomic E-state index is 11.3. The minimum atomic E-state index is -0.326. The molecule has 0 spiro atoms. The van der Waals surface area contributed by atoms with Crippen LogP contribution in [0.25, 0.3) is 18.2 Å². The Labute approximate surface area is 102 Å². The molecule has 0 unspecified atom stereocenters. The molecule has 2 nitrogen and oxygen atoms in total. The van der Waals surface area contributed by atoms with Crippen LogP contribution in [0.3, 0.4) is 0 Å². The van der Waals surface area contributed by atoms with Gasteiger partial charge in [-0.2, -0.15) is 0 Å². The third kappa shape index (κ3) is 3.18. The van der Waals surface area contributed by atoms with Crippen molar-refractivity contribution in [3.63, 3.8) is 0 Å². The molecule has 0 bridgehead atoms. The van der Waals surface area contributed by atoms with E-state index in [9.17, 15) is 4.79 Å². The average molecular weight is 228 g/mol. The predicted molar refractivity (Wildman–Crippen MR) is 72.3 cm³/mol. The molecular formula is C15H16O2. The van der Waals surface area contributed by atoms with Crippen LogP contribution in [0.5, 0.6) is 0 Å². The number of hydrogen-bond donors (Lipinski definition) is 0. The second-order valence-electron chi connectivity index (χ2n) is 3.62. The second kappa shape index (κ2) is 5.85. The lowest BCUT2D eigenvalue weighted by Gasteiger charge is -2.04. The molecular weight excluding hydrogens is 212 g/mol. The number of benzene rings is 1. The molecule has 0 aliphatic rings. The minimum absolute atomic E-state index is 0.326. The van der Waals surface area contributed by atoms with Crippen molar-refractivity contribution in [3.8, 4) is 0 Å². The third-order valence-electron chi connectivity index (χ3n) is 2.45. The first-order chi connectivity index (χ1) is 8.12. The highest BCUT2D eigenvalue weighted by atomic mass is 16.5. The monoisotopic (exact) mass is 228 g/mol. The van der Waals surface area contributed by atoms with Gasteiger partial charge < -0.3 is 4.74 Å². The summed E-state index contributed by atoms with van der Waals surface area (Å²) in [6.45, 7) is 9.20. The summed E-state index contributed by atoms with van der Waals surface area (Å²) < 4.78 is 4.65. The molecule has 1 aromatic carbocycles. The van der Waals surface area contributed by atoms with E-state index in [4.69, 9.17) is 0 Å². The largest absolute Gasteiger partial charge is 0.466 e. The SMILES string of the molecule is C=Cc1ccc(/C=C(\C)C(=O)OC)c(C=C)c1. The van der Waals surface area contributed by atoms with Gasteiger partial charge in [0.15, 0.2) is 0 Å². The molecule has 0 aliphatic carbocycles. The van der Waals surface area contributed by atoms with E-state index >= 15 is 0 Å². The molecule has 0 amide bonds. The molecule has 0 N–H and O–H groups in total. The highest BCUT2D eigenvalue weighted by molar-refractivity contribution is 5.93. The predicted octanol–water partition coefficient (Wildman–Crippen LogP) is 3.55. The van der Waals surface area contributed by atoms with E-state index in [2.05, 4.69) is 17.9 Å². The smallest absolute Gasteiger partial charge is 0.333 e. The number of ether oxygens (including phenoxy) is 1. The zero-order chi connectivity index (χ0) is 12.8. The Kier molecular flexibility index (Phi) is 4.46. The van der Waals surface area contributed by atoms with Crippen LogP contribution in [0.15, 0.2) is 36.9 Å². The number of hydrogen-bond acceptors (Lipinski definition) is 2. The van der Waals surface area contributed by atoms with Gasteiger partial charge in [-0.25, -0.2) is 4.79 Å². The summed E-state index contributed by atoms with van der Waals surface area (Å²) in [6, 6.07) is 5.84. The lowest BCUT2D eigenvalue weighted by atomic mass is 10.0. The van der Waals surface area contributed by atoms with Crippen molar-refractivity contribution in [2.24, 2.45) is 0 Å². The Morgan fingerprint density at radius 3 is 2.47 bits per heavy atom. The van der Waals surface area contributed by atoms with Crippen LogP contribution in [0.2, 0.25) is 0 Å². The molecule has 0 saturated heterocycles. The summed E-state index contributed by atoms with van der Waals surface area (Å²) >= 11 is 0. The van der Waals surface area contributed by atoms with E-state index in [1.54, 1.807) is 25.2 Å². The van der Waals surface area contributed by atoms with Gasteiger partial charge in [-0.1, -0.05) is 37.4 Å². The molecule has 0 aromatic heterocycles. The molecule has 0 fully saturated rings. The van der Waals surface area contributed by atoms with Gasteiger partial charge in [-0.05, 0) is 35.8 Å². The fourth-order valence-corrected chi connectivity index (χ4v) is 1.48. The second-order valence-corrected chi connectivity index (χ2v) is 3.62. The first-order valence-corrected chi connectivity index (χ1v) is 5.28. The van der Waals surface area contributed by atoms with Gasteiger partial charge >= 0.3 is 5.97 Å². The normalized spacial score (nSPS) is 10.8. The maximum Gasteiger partial charge on any atom is 0.333 e. The Hall–Kier alpha value is -2.09. The van der Waals surface area contributed by atoms with Gasteiger partial charge in [0.05, 0.1) is 7.11 Å². The van der Waals surface area contributed by atoms with Crippen molar-refractivity contribution in [1.29, 1.82) is 0 Å². The van der Waals surface area contributed by atoms with Gasteiger partial charge in [-0.15, -0.1) is 0 Å². The van der Waals surface area contributed by atoms with E-state index in [1.807, 2.05) is 18.2 Å². The molecule has 1 aromatic rings. The fraction of sp³-hybridized carbons (Fsp3) is 0.133. The van der Waals surface area contributed by atoms with Crippen LogP contribution in [0, 0.1) is 0 Å². The molecule has 17 heavy (non-hydrogen) atoms. The van der Waals surface area contributed by atoms with Gasteiger partial charge in [0.25, 0.3) is 0 Å². The third-order valence-corrected chi connectivity index (χ3v) is 2.45. The van der Waals surface area contributed by atoms with Gasteiger partial charge in [-0.3, -0.25) is 0 Å². The average Bonchev–Trinajstić information content (AvgIpc) is 2.37. The van der Waals surface area contributed by atoms with Crippen molar-refractivity contribution >= 4 is 24.2 Å². The summed E-state index contributed by atoms with van der Waals surface area (Å²) in [4.78, 5) is 11.3. The Bertz CT molecular complexity index is 482. The van der Waals surface area contributed by atoms with Crippen LogP contribution in [0.4, 0.5) is 0 Å².